The quantitative estimate of drug-likeness (QED) is 0.445. The Kier molecular flexibility index (Phi) is 6.09. The van der Waals surface area contributed by atoms with Crippen molar-refractivity contribution in [1.29, 1.82) is 0 Å². The van der Waals surface area contributed by atoms with Gasteiger partial charge in [0.25, 0.3) is 0 Å². The van der Waals surface area contributed by atoms with Gasteiger partial charge in [-0.25, -0.2) is 0 Å². The number of nitrogens with zero attached hydrogens (tertiary/aromatic N) is 2. The van der Waals surface area contributed by atoms with Crippen LogP contribution in [0.2, 0.25) is 0 Å². The number of benzene rings is 2. The van der Waals surface area contributed by atoms with Gasteiger partial charge in [-0.2, -0.15) is 13.5 Å². The topological polar surface area (TPSA) is 97.2 Å². The molecule has 7 nitrogen and oxygen atoms in total. The van der Waals surface area contributed by atoms with E-state index in [1.54, 1.807) is 45.0 Å². The third-order valence-corrected chi connectivity index (χ3v) is 6.69. The SMILES string of the molecule is Cc1cc(C)c(S(=O)(=O)Oc2cccc(C=N/N=C3\NC(=O)C(C)S3)c2)c(C)c1. The summed E-state index contributed by atoms with van der Waals surface area (Å²) in [6.45, 7) is 7.20. The van der Waals surface area contributed by atoms with Crippen molar-refractivity contribution < 1.29 is 17.4 Å². The first-order chi connectivity index (χ1) is 13.7. The molecule has 1 fully saturated rings. The Hall–Kier alpha value is -2.65. The van der Waals surface area contributed by atoms with Crippen molar-refractivity contribution in [2.75, 3.05) is 0 Å². The van der Waals surface area contributed by atoms with Crippen LogP contribution in [0.25, 0.3) is 0 Å². The Bertz CT molecular complexity index is 1100. The fourth-order valence-corrected chi connectivity index (χ4v) is 5.13. The number of amides is 1. The van der Waals surface area contributed by atoms with E-state index in [1.807, 2.05) is 19.1 Å². The van der Waals surface area contributed by atoms with Crippen LogP contribution in [0.15, 0.2) is 51.5 Å². The molecule has 3 rings (SSSR count). The minimum atomic E-state index is -3.98. The van der Waals surface area contributed by atoms with Crippen molar-refractivity contribution in [3.8, 4) is 5.75 Å². The zero-order valence-electron chi connectivity index (χ0n) is 16.5. The smallest absolute Gasteiger partial charge is 0.339 e. The molecule has 29 heavy (non-hydrogen) atoms. The van der Waals surface area contributed by atoms with Gasteiger partial charge >= 0.3 is 10.1 Å². The highest BCUT2D eigenvalue weighted by Crippen LogP contribution is 2.26. The summed E-state index contributed by atoms with van der Waals surface area (Å²) in [5.74, 6) is 0.0735. The Morgan fingerprint density at radius 2 is 1.83 bits per heavy atom. The van der Waals surface area contributed by atoms with Gasteiger partial charge in [-0.3, -0.25) is 4.79 Å². The molecule has 9 heteroatoms. The first-order valence-electron chi connectivity index (χ1n) is 8.86. The van der Waals surface area contributed by atoms with Crippen molar-refractivity contribution in [3.63, 3.8) is 0 Å². The van der Waals surface area contributed by atoms with Crippen molar-refractivity contribution in [1.82, 2.24) is 5.32 Å². The van der Waals surface area contributed by atoms with Crippen LogP contribution >= 0.6 is 11.8 Å². The molecule has 152 valence electrons. The van der Waals surface area contributed by atoms with Crippen LogP contribution < -0.4 is 9.50 Å². The second kappa shape index (κ2) is 8.38. The molecule has 1 N–H and O–H groups in total. The van der Waals surface area contributed by atoms with E-state index < -0.39 is 10.1 Å². The Balaban J connectivity index is 1.79. The standard InChI is InChI=1S/C20H21N3O4S2/c1-12-8-13(2)18(14(3)9-12)29(25,26)27-17-7-5-6-16(10-17)11-21-23-20-22-19(24)15(4)28-20/h5-11,15H,1-4H3,(H,22,23,24). The van der Waals surface area contributed by atoms with Gasteiger partial charge in [0.05, 0.1) is 11.5 Å². The summed E-state index contributed by atoms with van der Waals surface area (Å²) in [7, 11) is -3.98. The summed E-state index contributed by atoms with van der Waals surface area (Å²) in [6, 6.07) is 10.2. The Labute approximate surface area is 174 Å². The second-order valence-corrected chi connectivity index (χ2v) is 9.55. The van der Waals surface area contributed by atoms with Gasteiger partial charge in [0, 0.05) is 0 Å². The molecular formula is C20H21N3O4S2. The number of thioether (sulfide) groups is 1. The monoisotopic (exact) mass is 431 g/mol. The van der Waals surface area contributed by atoms with Crippen LogP contribution in [-0.2, 0) is 14.9 Å². The van der Waals surface area contributed by atoms with Crippen LogP contribution in [-0.4, -0.2) is 31.0 Å². The molecule has 0 radical (unpaired) electrons. The fraction of sp³-hybridized carbons (Fsp3) is 0.250. The van der Waals surface area contributed by atoms with E-state index in [4.69, 9.17) is 4.18 Å². The number of amidine groups is 1. The summed E-state index contributed by atoms with van der Waals surface area (Å²) < 4.78 is 30.9. The van der Waals surface area contributed by atoms with Gasteiger partial charge in [-0.15, -0.1) is 5.10 Å². The molecule has 0 spiro atoms. The first-order valence-corrected chi connectivity index (χ1v) is 11.2. The molecule has 0 saturated carbocycles. The highest BCUT2D eigenvalue weighted by molar-refractivity contribution is 8.15. The van der Waals surface area contributed by atoms with Gasteiger partial charge in [-0.1, -0.05) is 41.6 Å². The number of carbonyl (C=O) groups excluding carboxylic acids is 1. The molecule has 0 aliphatic carbocycles. The van der Waals surface area contributed by atoms with Gasteiger partial charge < -0.3 is 9.50 Å². The maximum Gasteiger partial charge on any atom is 0.339 e. The zero-order valence-corrected chi connectivity index (χ0v) is 18.1. The summed E-state index contributed by atoms with van der Waals surface area (Å²) >= 11 is 1.29. The van der Waals surface area contributed by atoms with E-state index in [1.165, 1.54) is 18.0 Å². The van der Waals surface area contributed by atoms with Gasteiger partial charge in [-0.05, 0) is 56.5 Å². The summed E-state index contributed by atoms with van der Waals surface area (Å²) in [4.78, 5) is 11.6. The number of aryl methyl sites for hydroxylation is 3. The van der Waals surface area contributed by atoms with Crippen molar-refractivity contribution in [2.24, 2.45) is 10.2 Å². The van der Waals surface area contributed by atoms with Gasteiger partial charge in [0.15, 0.2) is 5.17 Å². The highest BCUT2D eigenvalue weighted by Gasteiger charge is 2.25. The van der Waals surface area contributed by atoms with E-state index in [2.05, 4.69) is 15.5 Å². The minimum absolute atomic E-state index is 0.105. The first kappa shape index (κ1) is 21.1. The average molecular weight is 432 g/mol. The molecule has 1 amide bonds. The Morgan fingerprint density at radius 3 is 2.45 bits per heavy atom. The molecule has 1 aliphatic rings. The number of hydrogen-bond donors (Lipinski definition) is 1. The van der Waals surface area contributed by atoms with Crippen LogP contribution in [0, 0.1) is 20.8 Å². The molecule has 1 atom stereocenters. The molecule has 0 aromatic heterocycles. The maximum atomic E-state index is 12.8. The summed E-state index contributed by atoms with van der Waals surface area (Å²) in [6.07, 6.45) is 1.46. The van der Waals surface area contributed by atoms with Crippen molar-refractivity contribution in [2.45, 2.75) is 37.8 Å². The van der Waals surface area contributed by atoms with Crippen molar-refractivity contribution in [3.05, 3.63) is 58.7 Å². The number of carbonyl (C=O) groups is 1. The van der Waals surface area contributed by atoms with Gasteiger partial charge in [0.2, 0.25) is 5.91 Å². The van der Waals surface area contributed by atoms with E-state index >= 15 is 0 Å². The largest absolute Gasteiger partial charge is 0.379 e. The molecule has 1 saturated heterocycles. The highest BCUT2D eigenvalue weighted by atomic mass is 32.2. The lowest BCUT2D eigenvalue weighted by Gasteiger charge is -2.13. The van der Waals surface area contributed by atoms with Crippen LogP contribution in [0.1, 0.15) is 29.2 Å². The second-order valence-electron chi connectivity index (χ2n) is 6.74. The molecule has 2 aromatic carbocycles. The number of hydrogen-bond acceptors (Lipinski definition) is 7. The molecule has 1 unspecified atom stereocenters. The van der Waals surface area contributed by atoms with Crippen LogP contribution in [0.3, 0.4) is 0 Å². The molecular weight excluding hydrogens is 410 g/mol. The summed E-state index contributed by atoms with van der Waals surface area (Å²) in [5, 5.41) is 10.8. The Morgan fingerprint density at radius 1 is 1.14 bits per heavy atom. The van der Waals surface area contributed by atoms with Crippen LogP contribution in [0.4, 0.5) is 0 Å². The maximum absolute atomic E-state index is 12.8. The normalized spacial score (nSPS) is 18.4. The third-order valence-electron chi connectivity index (χ3n) is 4.16. The summed E-state index contributed by atoms with van der Waals surface area (Å²) in [5.41, 5.74) is 2.88. The fourth-order valence-electron chi connectivity index (χ4n) is 3.03. The average Bonchev–Trinajstić information content (AvgIpc) is 2.91. The molecule has 1 heterocycles. The van der Waals surface area contributed by atoms with Gasteiger partial charge in [0.1, 0.15) is 10.6 Å². The predicted molar refractivity (Wildman–Crippen MR) is 115 cm³/mol. The van der Waals surface area contributed by atoms with Crippen LogP contribution in [0.5, 0.6) is 5.75 Å². The predicted octanol–water partition coefficient (Wildman–Crippen LogP) is 3.32. The van der Waals surface area contributed by atoms with E-state index in [0.29, 0.717) is 21.9 Å². The van der Waals surface area contributed by atoms with Crippen molar-refractivity contribution >= 4 is 39.2 Å². The molecule has 0 bridgehead atoms. The lowest BCUT2D eigenvalue weighted by Crippen LogP contribution is -2.23. The lowest BCUT2D eigenvalue weighted by atomic mass is 10.1. The molecule has 1 aliphatic heterocycles. The van der Waals surface area contributed by atoms with E-state index in [-0.39, 0.29) is 21.8 Å². The lowest BCUT2D eigenvalue weighted by molar-refractivity contribution is -0.118. The molecule has 2 aromatic rings. The number of nitrogens with one attached hydrogen (secondary N) is 1. The van der Waals surface area contributed by atoms with E-state index in [0.717, 1.165) is 5.56 Å². The zero-order chi connectivity index (χ0) is 21.2. The van der Waals surface area contributed by atoms with E-state index in [9.17, 15) is 13.2 Å². The third kappa shape index (κ3) is 5.04. The minimum Gasteiger partial charge on any atom is -0.379 e. The number of rotatable bonds is 5.